The van der Waals surface area contributed by atoms with Crippen LogP contribution < -0.4 is 4.90 Å². The molecule has 3 atom stereocenters. The molecule has 5 rings (SSSR count). The molecule has 0 unspecified atom stereocenters. The molecular weight excluding hydrogens is 432 g/mol. The van der Waals surface area contributed by atoms with E-state index in [0.717, 1.165) is 29.8 Å². The first-order chi connectivity index (χ1) is 16.0. The summed E-state index contributed by atoms with van der Waals surface area (Å²) in [6.07, 6.45) is 2.38. The van der Waals surface area contributed by atoms with Crippen LogP contribution >= 0.6 is 11.8 Å². The minimum atomic E-state index is -0.414. The maximum Gasteiger partial charge on any atom is 0.259 e. The molecule has 2 aromatic carbocycles. The van der Waals surface area contributed by atoms with Gasteiger partial charge in [-0.15, -0.1) is 0 Å². The molecule has 33 heavy (non-hydrogen) atoms. The Labute approximate surface area is 198 Å². The number of anilines is 1. The molecule has 0 saturated heterocycles. The molecule has 0 aromatic heterocycles. The summed E-state index contributed by atoms with van der Waals surface area (Å²) in [7, 11) is 0. The van der Waals surface area contributed by atoms with Crippen LogP contribution in [0, 0.1) is 5.92 Å². The van der Waals surface area contributed by atoms with Crippen LogP contribution in [0.1, 0.15) is 44.7 Å². The van der Waals surface area contributed by atoms with Crippen molar-refractivity contribution in [1.82, 2.24) is 4.90 Å². The number of para-hydroxylation sites is 2. The van der Waals surface area contributed by atoms with E-state index in [-0.39, 0.29) is 23.0 Å². The van der Waals surface area contributed by atoms with Crippen molar-refractivity contribution < 1.29 is 9.59 Å². The fourth-order valence-corrected chi connectivity index (χ4v) is 5.70. The first-order valence-electron chi connectivity index (χ1n) is 11.7. The zero-order valence-electron chi connectivity index (χ0n) is 19.2. The summed E-state index contributed by atoms with van der Waals surface area (Å²) < 4.78 is 0. The summed E-state index contributed by atoms with van der Waals surface area (Å²) >= 11 is 1.38. The number of fused-ring (bicyclic) bond motifs is 4. The molecule has 0 spiro atoms. The van der Waals surface area contributed by atoms with Crippen molar-refractivity contribution in [2.45, 2.75) is 51.3 Å². The summed E-state index contributed by atoms with van der Waals surface area (Å²) in [5, 5.41) is 0.216. The van der Waals surface area contributed by atoms with Crippen molar-refractivity contribution in [3.63, 3.8) is 0 Å². The van der Waals surface area contributed by atoms with Crippen LogP contribution in [-0.4, -0.2) is 45.6 Å². The van der Waals surface area contributed by atoms with Gasteiger partial charge < -0.3 is 4.90 Å². The van der Waals surface area contributed by atoms with Crippen LogP contribution in [0.3, 0.4) is 0 Å². The van der Waals surface area contributed by atoms with Gasteiger partial charge in [0.2, 0.25) is 5.91 Å². The Morgan fingerprint density at radius 1 is 1.12 bits per heavy atom. The second-order valence-corrected chi connectivity index (χ2v) is 9.92. The Balaban J connectivity index is 1.47. The van der Waals surface area contributed by atoms with Crippen molar-refractivity contribution in [3.05, 3.63) is 59.7 Å². The number of hydrogen-bond donors (Lipinski definition) is 0. The summed E-state index contributed by atoms with van der Waals surface area (Å²) in [6, 6.07) is 15.4. The normalized spacial score (nSPS) is 20.6. The molecule has 3 heterocycles. The average molecular weight is 461 g/mol. The minimum absolute atomic E-state index is 0.0473. The van der Waals surface area contributed by atoms with Gasteiger partial charge in [0.15, 0.2) is 5.17 Å². The topological polar surface area (TPSA) is 65.3 Å². The number of thioether (sulfide) groups is 1. The average Bonchev–Trinajstić information content (AvgIpc) is 3.43. The van der Waals surface area contributed by atoms with Crippen LogP contribution in [0.4, 0.5) is 11.4 Å². The van der Waals surface area contributed by atoms with Gasteiger partial charge >= 0.3 is 0 Å². The van der Waals surface area contributed by atoms with Crippen LogP contribution in [0.25, 0.3) is 0 Å². The van der Waals surface area contributed by atoms with Gasteiger partial charge in [-0.3, -0.25) is 14.6 Å². The monoisotopic (exact) mass is 460 g/mol. The second kappa shape index (κ2) is 8.78. The molecule has 0 radical (unpaired) electrons. The zero-order chi connectivity index (χ0) is 23.1. The lowest BCUT2D eigenvalue weighted by atomic mass is 10.00. The Kier molecular flexibility index (Phi) is 5.83. The van der Waals surface area contributed by atoms with Crippen LogP contribution in [-0.2, 0) is 16.0 Å². The molecule has 0 fully saturated rings. The molecular formula is C26H28N4O2S. The summed E-state index contributed by atoms with van der Waals surface area (Å²) in [5.41, 5.74) is 3.86. The van der Waals surface area contributed by atoms with Crippen molar-refractivity contribution in [2.24, 2.45) is 15.9 Å². The van der Waals surface area contributed by atoms with E-state index in [0.29, 0.717) is 24.0 Å². The maximum absolute atomic E-state index is 13.6. The predicted octanol–water partition coefficient (Wildman–Crippen LogP) is 4.79. The molecule has 2 amide bonds. The van der Waals surface area contributed by atoms with E-state index < -0.39 is 6.04 Å². The van der Waals surface area contributed by atoms with E-state index in [1.54, 1.807) is 4.90 Å². The fraction of sp³-hybridized carbons (Fsp3) is 0.385. The lowest BCUT2D eigenvalue weighted by Gasteiger charge is -2.29. The Bertz CT molecular complexity index is 1170. The highest BCUT2D eigenvalue weighted by Crippen LogP contribution is 2.38. The smallest absolute Gasteiger partial charge is 0.259 e. The van der Waals surface area contributed by atoms with E-state index in [9.17, 15) is 9.59 Å². The Morgan fingerprint density at radius 3 is 2.67 bits per heavy atom. The molecule has 3 aliphatic rings. The number of nitrogens with zero attached hydrogens (tertiary/aromatic N) is 4. The number of carbonyl (C=O) groups excluding carboxylic acids is 2. The SMILES string of the molecule is CC[C@H](SC1=Nc2ccccc2C2=N[C@@H]([C@@H](C)CC)C(=O)N12)C(=O)N1CCc2ccccc21. The van der Waals surface area contributed by atoms with Crippen molar-refractivity contribution in [1.29, 1.82) is 0 Å². The highest BCUT2D eigenvalue weighted by molar-refractivity contribution is 8.15. The highest BCUT2D eigenvalue weighted by Gasteiger charge is 2.44. The standard InChI is InChI=1S/C26H28N4O2S/c1-4-16(3)22-25(32)30-23(28-22)18-11-7-8-12-19(18)27-26(30)33-21(5-2)24(31)29-15-14-17-10-6-9-13-20(17)29/h6-13,16,21-22H,4-5,14-15H2,1-3H3/t16-,21-,22-/m0/s1. The van der Waals surface area contributed by atoms with Crippen LogP contribution in [0.15, 0.2) is 58.5 Å². The molecule has 0 N–H and O–H groups in total. The lowest BCUT2D eigenvalue weighted by Crippen LogP contribution is -2.44. The predicted molar refractivity (Wildman–Crippen MR) is 134 cm³/mol. The Morgan fingerprint density at radius 2 is 1.88 bits per heavy atom. The van der Waals surface area contributed by atoms with Gasteiger partial charge in [-0.1, -0.05) is 69.3 Å². The van der Waals surface area contributed by atoms with Crippen molar-refractivity contribution >= 4 is 46.0 Å². The number of aliphatic imine (C=N–C) groups is 2. The largest absolute Gasteiger partial charge is 0.311 e. The van der Waals surface area contributed by atoms with Gasteiger partial charge in [-0.25, -0.2) is 9.89 Å². The number of amides is 2. The minimum Gasteiger partial charge on any atom is -0.311 e. The number of hydrogen-bond acceptors (Lipinski definition) is 5. The summed E-state index contributed by atoms with van der Waals surface area (Å²) in [4.78, 5) is 40.2. The fourth-order valence-electron chi connectivity index (χ4n) is 4.62. The highest BCUT2D eigenvalue weighted by atomic mass is 32.2. The molecule has 2 aromatic rings. The van der Waals surface area contributed by atoms with Gasteiger partial charge in [-0.05, 0) is 42.5 Å². The number of rotatable bonds is 5. The summed E-state index contributed by atoms with van der Waals surface area (Å²) in [5.74, 6) is 0.817. The Hall–Kier alpha value is -2.93. The van der Waals surface area contributed by atoms with Gasteiger partial charge in [0.25, 0.3) is 5.91 Å². The molecule has 6 nitrogen and oxygen atoms in total. The first kappa shape index (κ1) is 21.9. The van der Waals surface area contributed by atoms with Crippen LogP contribution in [0.5, 0.6) is 0 Å². The third-order valence-electron chi connectivity index (χ3n) is 6.73. The van der Waals surface area contributed by atoms with Crippen molar-refractivity contribution in [3.8, 4) is 0 Å². The number of amidine groups is 2. The van der Waals surface area contributed by atoms with Crippen LogP contribution in [0.2, 0.25) is 0 Å². The zero-order valence-corrected chi connectivity index (χ0v) is 20.0. The third-order valence-corrected chi connectivity index (χ3v) is 8.03. The van der Waals surface area contributed by atoms with E-state index in [1.165, 1.54) is 17.3 Å². The molecule has 3 aliphatic heterocycles. The second-order valence-electron chi connectivity index (χ2n) is 8.75. The molecule has 0 aliphatic carbocycles. The van der Waals surface area contributed by atoms with E-state index in [2.05, 4.69) is 19.9 Å². The van der Waals surface area contributed by atoms with E-state index in [1.807, 2.05) is 54.3 Å². The van der Waals surface area contributed by atoms with Crippen molar-refractivity contribution in [2.75, 3.05) is 11.4 Å². The maximum atomic E-state index is 13.6. The first-order valence-corrected chi connectivity index (χ1v) is 12.6. The van der Waals surface area contributed by atoms with Gasteiger partial charge in [0, 0.05) is 17.8 Å². The number of benzene rings is 2. The molecule has 0 bridgehead atoms. The molecule has 170 valence electrons. The lowest BCUT2D eigenvalue weighted by molar-refractivity contribution is -0.125. The summed E-state index contributed by atoms with van der Waals surface area (Å²) in [6.45, 7) is 6.84. The van der Waals surface area contributed by atoms with E-state index >= 15 is 0 Å². The van der Waals surface area contributed by atoms with Gasteiger partial charge in [-0.2, -0.15) is 0 Å². The quantitative estimate of drug-likeness (QED) is 0.644. The number of carbonyl (C=O) groups is 2. The third kappa shape index (κ3) is 3.68. The van der Waals surface area contributed by atoms with Gasteiger partial charge in [0.1, 0.15) is 11.9 Å². The van der Waals surface area contributed by atoms with Gasteiger partial charge in [0.05, 0.1) is 10.9 Å². The molecule has 7 heteroatoms. The van der Waals surface area contributed by atoms with E-state index in [4.69, 9.17) is 9.98 Å². The molecule has 0 saturated carbocycles.